The molecule has 0 saturated heterocycles. The Hall–Kier alpha value is -6.50. The van der Waals surface area contributed by atoms with E-state index in [1.54, 1.807) is 12.1 Å². The molecule has 318 valence electrons. The monoisotopic (exact) mass is 897 g/mol. The highest BCUT2D eigenvalue weighted by molar-refractivity contribution is 9.09. The number of alkyl halides is 1. The van der Waals surface area contributed by atoms with Gasteiger partial charge in [-0.3, -0.25) is 34.7 Å². The number of nitrogens with zero attached hydrogens (tertiary/aromatic N) is 3. The van der Waals surface area contributed by atoms with Crippen LogP contribution in [0.1, 0.15) is 73.5 Å². The van der Waals surface area contributed by atoms with Crippen LogP contribution in [0.25, 0.3) is 0 Å². The average molecular weight is 899 g/mol. The molecule has 0 fully saturated rings. The molecule has 11 nitrogen and oxygen atoms in total. The number of ketones is 2. The minimum atomic E-state index is -0.550. The molecule has 0 radical (unpaired) electrons. The topological polar surface area (TPSA) is 142 Å². The number of nitro groups is 2. The minimum absolute atomic E-state index is 0.119. The second kappa shape index (κ2) is 21.8. The number of hydrogen-bond acceptors (Lipinski definition) is 9. The maximum absolute atomic E-state index is 13.6. The summed E-state index contributed by atoms with van der Waals surface area (Å²) in [5.41, 5.74) is 8.68. The van der Waals surface area contributed by atoms with Crippen LogP contribution in [0, 0.1) is 20.2 Å². The standard InChI is InChI=1S/C35H36N2O4.C15H12BrNO4/c1-3-27-17-30-19-32(20-31(30)18-28(27)4-2)36(22-25-11-7-5-8-12-25)23-34(38)29-15-16-35(33(21-29)37(39)40)41-24-26-13-9-6-10-14-26;16-9-14(18)12-6-7-15(13(8-12)17(19)20)21-10-11-4-2-1-3-5-11/h5-18,21,32H,3-4,19-20,22-24H2,1-2H3;1-8H,9-10H2. The second-order valence-corrected chi connectivity index (χ2v) is 15.5. The average Bonchev–Trinajstić information content (AvgIpc) is 3.73. The lowest BCUT2D eigenvalue weighted by atomic mass is 9.97. The van der Waals surface area contributed by atoms with E-state index in [0.717, 1.165) is 42.4 Å². The van der Waals surface area contributed by atoms with Crippen LogP contribution in [0.2, 0.25) is 0 Å². The molecule has 0 bridgehead atoms. The molecule has 6 aromatic carbocycles. The summed E-state index contributed by atoms with van der Waals surface area (Å²) < 4.78 is 11.3. The first kappa shape index (κ1) is 45.0. The Morgan fingerprint density at radius 3 is 1.44 bits per heavy atom. The highest BCUT2D eigenvalue weighted by Crippen LogP contribution is 2.33. The summed E-state index contributed by atoms with van der Waals surface area (Å²) in [7, 11) is 0. The molecule has 0 spiro atoms. The molecule has 0 aliphatic heterocycles. The molecule has 62 heavy (non-hydrogen) atoms. The number of ether oxygens (including phenoxy) is 2. The van der Waals surface area contributed by atoms with Crippen molar-refractivity contribution in [3.05, 3.63) is 210 Å². The normalized spacial score (nSPS) is 11.9. The highest BCUT2D eigenvalue weighted by atomic mass is 79.9. The molecule has 1 aliphatic carbocycles. The largest absolute Gasteiger partial charge is 0.482 e. The third kappa shape index (κ3) is 11.9. The predicted octanol–water partition coefficient (Wildman–Crippen LogP) is 10.9. The fourth-order valence-corrected chi connectivity index (χ4v) is 7.86. The first-order chi connectivity index (χ1) is 30.1. The quantitative estimate of drug-likeness (QED) is 0.0356. The molecule has 0 atom stereocenters. The lowest BCUT2D eigenvalue weighted by molar-refractivity contribution is -0.386. The zero-order valence-electron chi connectivity index (χ0n) is 34.7. The number of carbonyl (C=O) groups excluding carboxylic acids is 2. The Morgan fingerprint density at radius 2 is 1.03 bits per heavy atom. The molecule has 0 N–H and O–H groups in total. The van der Waals surface area contributed by atoms with E-state index >= 15 is 0 Å². The number of halogens is 1. The van der Waals surface area contributed by atoms with Crippen molar-refractivity contribution in [2.45, 2.75) is 65.3 Å². The predicted molar refractivity (Wildman–Crippen MR) is 243 cm³/mol. The summed E-state index contributed by atoms with van der Waals surface area (Å²) in [4.78, 5) is 49.4. The smallest absolute Gasteiger partial charge is 0.311 e. The zero-order valence-corrected chi connectivity index (χ0v) is 36.3. The first-order valence-electron chi connectivity index (χ1n) is 20.5. The maximum atomic E-state index is 13.6. The van der Waals surface area contributed by atoms with Gasteiger partial charge in [0.25, 0.3) is 0 Å². The summed E-state index contributed by atoms with van der Waals surface area (Å²) in [6.45, 7) is 5.65. The van der Waals surface area contributed by atoms with E-state index in [4.69, 9.17) is 9.47 Å². The van der Waals surface area contributed by atoms with Crippen LogP contribution >= 0.6 is 15.9 Å². The Kier molecular flexibility index (Phi) is 15.9. The van der Waals surface area contributed by atoms with E-state index in [0.29, 0.717) is 12.1 Å². The van der Waals surface area contributed by atoms with Gasteiger partial charge in [-0.05, 0) is 88.9 Å². The van der Waals surface area contributed by atoms with Crippen molar-refractivity contribution >= 4 is 38.9 Å². The van der Waals surface area contributed by atoms with Gasteiger partial charge in [0.1, 0.15) is 13.2 Å². The van der Waals surface area contributed by atoms with Gasteiger partial charge in [0.05, 0.1) is 21.7 Å². The molecule has 0 aromatic heterocycles. The number of nitro benzene ring substituents is 2. The van der Waals surface area contributed by atoms with Gasteiger partial charge < -0.3 is 9.47 Å². The maximum Gasteiger partial charge on any atom is 0.311 e. The van der Waals surface area contributed by atoms with Crippen molar-refractivity contribution in [2.24, 2.45) is 0 Å². The van der Waals surface area contributed by atoms with Crippen LogP contribution in [-0.4, -0.2) is 44.2 Å². The van der Waals surface area contributed by atoms with Crippen molar-refractivity contribution in [1.29, 1.82) is 0 Å². The van der Waals surface area contributed by atoms with Gasteiger partial charge in [0.2, 0.25) is 0 Å². The van der Waals surface area contributed by atoms with Crippen molar-refractivity contribution < 1.29 is 28.9 Å². The SMILES string of the molecule is CCc1cc2c(cc1CC)CC(N(CC(=O)c1ccc(OCc3ccccc3)c([N+](=O)[O-])c1)Cc1ccccc1)C2.O=C(CBr)c1ccc(OCc2ccccc2)c([N+](=O)[O-])c1. The van der Waals surface area contributed by atoms with Crippen LogP contribution in [0.5, 0.6) is 11.5 Å². The fraction of sp³-hybridized carbons (Fsp3) is 0.240. The van der Waals surface area contributed by atoms with Crippen LogP contribution in [0.15, 0.2) is 140 Å². The fourth-order valence-electron chi connectivity index (χ4n) is 7.53. The van der Waals surface area contributed by atoms with Crippen LogP contribution in [0.4, 0.5) is 11.4 Å². The van der Waals surface area contributed by atoms with Crippen LogP contribution in [-0.2, 0) is 45.4 Å². The molecule has 0 unspecified atom stereocenters. The van der Waals surface area contributed by atoms with Crippen LogP contribution in [0.3, 0.4) is 0 Å². The third-order valence-corrected chi connectivity index (χ3v) is 11.3. The Bertz CT molecular complexity index is 2470. The second-order valence-electron chi connectivity index (χ2n) is 15.0. The first-order valence-corrected chi connectivity index (χ1v) is 21.6. The van der Waals surface area contributed by atoms with Gasteiger partial charge in [-0.2, -0.15) is 0 Å². The van der Waals surface area contributed by atoms with Gasteiger partial charge >= 0.3 is 11.4 Å². The van der Waals surface area contributed by atoms with Gasteiger partial charge in [-0.25, -0.2) is 0 Å². The molecular formula is C50H48BrN3O8. The van der Waals surface area contributed by atoms with Gasteiger partial charge in [0.15, 0.2) is 23.1 Å². The van der Waals surface area contributed by atoms with E-state index < -0.39 is 9.85 Å². The van der Waals surface area contributed by atoms with Crippen molar-refractivity contribution in [1.82, 2.24) is 4.90 Å². The molecule has 7 rings (SSSR count). The molecule has 6 aromatic rings. The number of benzene rings is 6. The lowest BCUT2D eigenvalue weighted by Crippen LogP contribution is -2.39. The lowest BCUT2D eigenvalue weighted by Gasteiger charge is -2.28. The summed E-state index contributed by atoms with van der Waals surface area (Å²) in [5.74, 6) is -0.0537. The van der Waals surface area contributed by atoms with E-state index in [2.05, 4.69) is 58.9 Å². The van der Waals surface area contributed by atoms with Gasteiger partial charge in [0, 0.05) is 35.8 Å². The van der Waals surface area contributed by atoms with E-state index in [-0.39, 0.29) is 71.1 Å². The Balaban J connectivity index is 0.000000256. The number of Topliss-reactive ketones (excluding diaryl/α,β-unsaturated/α-hetero) is 2. The zero-order chi connectivity index (χ0) is 44.0. The van der Waals surface area contributed by atoms with Crippen molar-refractivity contribution in [3.63, 3.8) is 0 Å². The molecule has 0 saturated carbocycles. The van der Waals surface area contributed by atoms with Crippen LogP contribution < -0.4 is 9.47 Å². The number of rotatable bonds is 18. The molecule has 0 amide bonds. The summed E-state index contributed by atoms with van der Waals surface area (Å²) in [6.07, 6.45) is 3.80. The van der Waals surface area contributed by atoms with Gasteiger partial charge in [-0.1, -0.05) is 133 Å². The molecular weight excluding hydrogens is 850 g/mol. The number of fused-ring (bicyclic) bond motifs is 1. The summed E-state index contributed by atoms with van der Waals surface area (Å²) >= 11 is 3.04. The summed E-state index contributed by atoms with van der Waals surface area (Å²) in [6, 6.07) is 42.7. The number of aryl methyl sites for hydroxylation is 2. The summed E-state index contributed by atoms with van der Waals surface area (Å²) in [5, 5.41) is 23.1. The third-order valence-electron chi connectivity index (χ3n) is 10.8. The number of hydrogen-bond donors (Lipinski definition) is 0. The van der Waals surface area contributed by atoms with Crippen molar-refractivity contribution in [3.8, 4) is 11.5 Å². The molecule has 1 aliphatic rings. The minimum Gasteiger partial charge on any atom is -0.482 e. The number of carbonyl (C=O) groups is 2. The van der Waals surface area contributed by atoms with E-state index in [9.17, 15) is 29.8 Å². The highest BCUT2D eigenvalue weighted by Gasteiger charge is 2.30. The Labute approximate surface area is 369 Å². The molecule has 12 heteroatoms. The van der Waals surface area contributed by atoms with Crippen molar-refractivity contribution in [2.75, 3.05) is 11.9 Å². The van der Waals surface area contributed by atoms with E-state index in [1.165, 1.54) is 46.5 Å². The van der Waals surface area contributed by atoms with E-state index in [1.807, 2.05) is 78.9 Å². The van der Waals surface area contributed by atoms with Gasteiger partial charge in [-0.15, -0.1) is 0 Å². The Morgan fingerprint density at radius 1 is 0.613 bits per heavy atom. The molecule has 0 heterocycles.